The lowest BCUT2D eigenvalue weighted by molar-refractivity contribution is 0.621. The molecule has 0 bridgehead atoms. The second kappa shape index (κ2) is 5.42. The number of hydrogen-bond donors (Lipinski definition) is 1. The fourth-order valence-corrected chi connectivity index (χ4v) is 2.08. The van der Waals surface area contributed by atoms with Crippen LogP contribution in [0.25, 0.3) is 5.57 Å². The molecule has 0 aromatic heterocycles. The van der Waals surface area contributed by atoms with Crippen molar-refractivity contribution in [2.45, 2.75) is 25.5 Å². The minimum absolute atomic E-state index is 0.303. The van der Waals surface area contributed by atoms with Crippen LogP contribution in [0.4, 0.5) is 4.39 Å². The van der Waals surface area contributed by atoms with Crippen molar-refractivity contribution >= 4 is 32.5 Å². The molecule has 1 aromatic rings. The number of halogens is 2. The summed E-state index contributed by atoms with van der Waals surface area (Å²) in [6, 6.07) is 4.77. The first-order valence-corrected chi connectivity index (χ1v) is 7.06. The Labute approximate surface area is 112 Å². The molecule has 0 saturated heterocycles. The zero-order chi connectivity index (χ0) is 13.2. The van der Waals surface area contributed by atoms with Gasteiger partial charge in [0, 0.05) is 0 Å². The fraction of sp³-hybridized carbons (Fsp3) is 0.333. The minimum atomic E-state index is -1.44. The van der Waals surface area contributed by atoms with Crippen LogP contribution in [0.2, 0.25) is 0 Å². The van der Waals surface area contributed by atoms with Gasteiger partial charge in [0.1, 0.15) is 5.82 Å². The van der Waals surface area contributed by atoms with Crippen LogP contribution < -0.4 is 5.14 Å². The van der Waals surface area contributed by atoms with Crippen molar-refractivity contribution < 1.29 is 8.60 Å². The van der Waals surface area contributed by atoms with E-state index in [-0.39, 0.29) is 5.82 Å². The monoisotopic (exact) mass is 319 g/mol. The lowest BCUT2D eigenvalue weighted by Crippen LogP contribution is -2.29. The third-order valence-electron chi connectivity index (χ3n) is 2.46. The molecule has 0 spiro atoms. The lowest BCUT2D eigenvalue weighted by Gasteiger charge is -2.17. The van der Waals surface area contributed by atoms with Crippen molar-refractivity contribution in [3.8, 4) is 0 Å². The maximum Gasteiger partial charge on any atom is 0.137 e. The van der Waals surface area contributed by atoms with E-state index >= 15 is 0 Å². The zero-order valence-corrected chi connectivity index (χ0v) is 12.4. The van der Waals surface area contributed by atoms with E-state index < -0.39 is 15.7 Å². The van der Waals surface area contributed by atoms with Gasteiger partial charge in [-0.25, -0.2) is 8.60 Å². The standard InChI is InChI=1S/C12H15BrFNOS/c1-8(7-12(2,3)17(15)16)9-4-5-11(14)10(13)6-9/h4-7H,15H2,1-3H3/t17-/m1/s1. The molecule has 17 heavy (non-hydrogen) atoms. The van der Waals surface area contributed by atoms with Crippen LogP contribution in [0.5, 0.6) is 0 Å². The smallest absolute Gasteiger partial charge is 0.137 e. The Hall–Kier alpha value is -0.520. The predicted octanol–water partition coefficient (Wildman–Crippen LogP) is 3.39. The molecular weight excluding hydrogens is 305 g/mol. The lowest BCUT2D eigenvalue weighted by atomic mass is 10.0. The molecule has 0 saturated carbocycles. The SMILES string of the molecule is CC(=CC(C)(C)[S@](N)=O)c1ccc(F)c(Br)c1. The van der Waals surface area contributed by atoms with Gasteiger partial charge in [0.15, 0.2) is 0 Å². The van der Waals surface area contributed by atoms with Crippen molar-refractivity contribution in [2.24, 2.45) is 5.14 Å². The van der Waals surface area contributed by atoms with Gasteiger partial charge < -0.3 is 0 Å². The molecule has 0 amide bonds. The van der Waals surface area contributed by atoms with E-state index in [1.807, 2.05) is 13.0 Å². The van der Waals surface area contributed by atoms with Crippen molar-refractivity contribution in [1.29, 1.82) is 0 Å². The molecule has 1 atom stereocenters. The Morgan fingerprint density at radius 2 is 2.12 bits per heavy atom. The number of allylic oxidation sites excluding steroid dienone is 1. The summed E-state index contributed by atoms with van der Waals surface area (Å²) >= 11 is 3.14. The summed E-state index contributed by atoms with van der Waals surface area (Å²) in [7, 11) is -1.44. The maximum absolute atomic E-state index is 13.1. The molecule has 1 aromatic carbocycles. The minimum Gasteiger partial charge on any atom is -0.251 e. The molecule has 0 aliphatic heterocycles. The number of hydrogen-bond acceptors (Lipinski definition) is 1. The van der Waals surface area contributed by atoms with E-state index in [1.165, 1.54) is 6.07 Å². The van der Waals surface area contributed by atoms with E-state index in [0.717, 1.165) is 11.1 Å². The molecule has 0 radical (unpaired) electrons. The highest BCUT2D eigenvalue weighted by Gasteiger charge is 2.20. The molecule has 0 aliphatic rings. The van der Waals surface area contributed by atoms with Crippen molar-refractivity contribution in [1.82, 2.24) is 0 Å². The number of nitrogens with two attached hydrogens (primary N) is 1. The Bertz CT molecular complexity index is 485. The van der Waals surface area contributed by atoms with Gasteiger partial charge in [0.25, 0.3) is 0 Å². The highest BCUT2D eigenvalue weighted by Crippen LogP contribution is 2.24. The van der Waals surface area contributed by atoms with Crippen LogP contribution >= 0.6 is 15.9 Å². The molecule has 2 N–H and O–H groups in total. The maximum atomic E-state index is 13.1. The highest BCUT2D eigenvalue weighted by molar-refractivity contribution is 9.10. The van der Waals surface area contributed by atoms with Gasteiger partial charge in [-0.2, -0.15) is 0 Å². The average molecular weight is 320 g/mol. The second-order valence-electron chi connectivity index (χ2n) is 4.36. The molecule has 94 valence electrons. The van der Waals surface area contributed by atoms with Gasteiger partial charge in [-0.3, -0.25) is 5.14 Å². The van der Waals surface area contributed by atoms with E-state index in [2.05, 4.69) is 15.9 Å². The zero-order valence-electron chi connectivity index (χ0n) is 9.96. The summed E-state index contributed by atoms with van der Waals surface area (Å²) in [6.45, 7) is 5.48. The molecular formula is C12H15BrFNOS. The van der Waals surface area contributed by atoms with Crippen molar-refractivity contribution in [2.75, 3.05) is 0 Å². The van der Waals surface area contributed by atoms with Gasteiger partial charge in [0.2, 0.25) is 0 Å². The van der Waals surface area contributed by atoms with E-state index in [9.17, 15) is 8.60 Å². The largest absolute Gasteiger partial charge is 0.251 e. The van der Waals surface area contributed by atoms with E-state index in [0.29, 0.717) is 4.47 Å². The average Bonchev–Trinajstić information content (AvgIpc) is 2.21. The molecule has 0 fully saturated rings. The normalized spacial score (nSPS) is 14.8. The second-order valence-corrected chi connectivity index (χ2v) is 6.86. The van der Waals surface area contributed by atoms with Gasteiger partial charge in [-0.1, -0.05) is 12.1 Å². The van der Waals surface area contributed by atoms with Crippen LogP contribution in [0.1, 0.15) is 26.3 Å². The van der Waals surface area contributed by atoms with Crippen LogP contribution in [0, 0.1) is 5.82 Å². The van der Waals surface area contributed by atoms with Gasteiger partial charge in [-0.15, -0.1) is 0 Å². The molecule has 0 heterocycles. The quantitative estimate of drug-likeness (QED) is 0.911. The summed E-state index contributed by atoms with van der Waals surface area (Å²) in [6.07, 6.45) is 1.84. The Morgan fingerprint density at radius 1 is 1.53 bits per heavy atom. The summed E-state index contributed by atoms with van der Waals surface area (Å²) < 4.78 is 24.2. The van der Waals surface area contributed by atoms with Crippen LogP contribution in [-0.4, -0.2) is 8.96 Å². The third kappa shape index (κ3) is 3.72. The first-order chi connectivity index (χ1) is 7.74. The number of rotatable bonds is 3. The topological polar surface area (TPSA) is 43.1 Å². The molecule has 0 unspecified atom stereocenters. The molecule has 5 heteroatoms. The Morgan fingerprint density at radius 3 is 2.59 bits per heavy atom. The van der Waals surface area contributed by atoms with Crippen LogP contribution in [0.15, 0.2) is 28.7 Å². The van der Waals surface area contributed by atoms with E-state index in [1.54, 1.807) is 26.0 Å². The molecule has 0 aliphatic carbocycles. The number of benzene rings is 1. The molecule has 2 nitrogen and oxygen atoms in total. The summed E-state index contributed by atoms with van der Waals surface area (Å²) in [5.74, 6) is -0.303. The van der Waals surface area contributed by atoms with Gasteiger partial charge in [0.05, 0.1) is 20.2 Å². The summed E-state index contributed by atoms with van der Waals surface area (Å²) in [5, 5.41) is 5.41. The Kier molecular flexibility index (Phi) is 4.63. The highest BCUT2D eigenvalue weighted by atomic mass is 79.9. The Balaban J connectivity index is 3.12. The van der Waals surface area contributed by atoms with Crippen molar-refractivity contribution in [3.05, 3.63) is 40.1 Å². The van der Waals surface area contributed by atoms with Crippen molar-refractivity contribution in [3.63, 3.8) is 0 Å². The molecule has 1 rings (SSSR count). The van der Waals surface area contributed by atoms with E-state index in [4.69, 9.17) is 5.14 Å². The van der Waals surface area contributed by atoms with Gasteiger partial charge >= 0.3 is 0 Å². The first kappa shape index (κ1) is 14.5. The van der Waals surface area contributed by atoms with Crippen LogP contribution in [0.3, 0.4) is 0 Å². The summed E-state index contributed by atoms with van der Waals surface area (Å²) in [5.41, 5.74) is 1.78. The predicted molar refractivity (Wildman–Crippen MR) is 74.2 cm³/mol. The van der Waals surface area contributed by atoms with Crippen LogP contribution in [-0.2, 0) is 11.0 Å². The third-order valence-corrected chi connectivity index (χ3v) is 4.22. The van der Waals surface area contributed by atoms with Gasteiger partial charge in [-0.05, 0) is 60.0 Å². The first-order valence-electron chi connectivity index (χ1n) is 5.05. The fourth-order valence-electron chi connectivity index (χ4n) is 1.40. The summed E-state index contributed by atoms with van der Waals surface area (Å²) in [4.78, 5) is 0.